The van der Waals surface area contributed by atoms with Crippen molar-refractivity contribution in [2.24, 2.45) is 0 Å². The Labute approximate surface area is 149 Å². The molecule has 1 saturated heterocycles. The summed E-state index contributed by atoms with van der Waals surface area (Å²) >= 11 is 5.37. The third kappa shape index (κ3) is 4.58. The van der Waals surface area contributed by atoms with E-state index in [1.807, 2.05) is 4.90 Å². The highest BCUT2D eigenvalue weighted by atomic mass is 32.2. The third-order valence-electron chi connectivity index (χ3n) is 4.03. The average molecular weight is 372 g/mol. The fraction of sp³-hybridized carbons (Fsp3) is 0.562. The Balaban J connectivity index is 1.94. The van der Waals surface area contributed by atoms with Crippen molar-refractivity contribution in [2.75, 3.05) is 39.8 Å². The lowest BCUT2D eigenvalue weighted by Gasteiger charge is -2.35. The second-order valence-corrected chi connectivity index (χ2v) is 7.98. The van der Waals surface area contributed by atoms with Crippen LogP contribution in [0.25, 0.3) is 0 Å². The van der Waals surface area contributed by atoms with Crippen LogP contribution in [0.1, 0.15) is 19.8 Å². The van der Waals surface area contributed by atoms with E-state index < -0.39 is 10.0 Å². The van der Waals surface area contributed by atoms with Crippen LogP contribution in [0.2, 0.25) is 0 Å². The number of hydrogen-bond acceptors (Lipinski definition) is 4. The van der Waals surface area contributed by atoms with Crippen LogP contribution in [-0.2, 0) is 10.0 Å². The van der Waals surface area contributed by atoms with Crippen LogP contribution in [0.15, 0.2) is 29.2 Å². The topological polar surface area (TPSA) is 61.9 Å². The molecule has 0 saturated carbocycles. The number of unbranched alkanes of at least 4 members (excludes halogenated alkanes) is 1. The molecule has 8 heteroatoms. The van der Waals surface area contributed by atoms with Gasteiger partial charge in [0.05, 0.1) is 12.0 Å². The lowest BCUT2D eigenvalue weighted by molar-refractivity contribution is 0.264. The summed E-state index contributed by atoms with van der Waals surface area (Å²) in [6.45, 7) is 5.07. The van der Waals surface area contributed by atoms with Crippen molar-refractivity contribution in [1.29, 1.82) is 0 Å². The minimum atomic E-state index is -3.47. The van der Waals surface area contributed by atoms with Gasteiger partial charge in [0.1, 0.15) is 5.75 Å². The van der Waals surface area contributed by atoms with Crippen LogP contribution in [0.3, 0.4) is 0 Å². The van der Waals surface area contributed by atoms with E-state index in [9.17, 15) is 8.42 Å². The molecular weight excluding hydrogens is 346 g/mol. The van der Waals surface area contributed by atoms with E-state index in [0.717, 1.165) is 19.4 Å². The molecule has 0 amide bonds. The van der Waals surface area contributed by atoms with Crippen LogP contribution in [0, 0.1) is 0 Å². The Morgan fingerprint density at radius 1 is 1.21 bits per heavy atom. The first kappa shape index (κ1) is 19.0. The van der Waals surface area contributed by atoms with E-state index in [2.05, 4.69) is 12.2 Å². The molecule has 0 unspecified atom stereocenters. The molecule has 1 aliphatic heterocycles. The van der Waals surface area contributed by atoms with Gasteiger partial charge in [0.2, 0.25) is 10.0 Å². The van der Waals surface area contributed by atoms with E-state index in [4.69, 9.17) is 17.0 Å². The molecule has 1 aromatic rings. The normalized spacial score (nSPS) is 16.0. The maximum atomic E-state index is 12.7. The maximum Gasteiger partial charge on any atom is 0.243 e. The summed E-state index contributed by atoms with van der Waals surface area (Å²) in [5, 5.41) is 3.94. The summed E-state index contributed by atoms with van der Waals surface area (Å²) in [5.74, 6) is 0.641. The van der Waals surface area contributed by atoms with Crippen molar-refractivity contribution in [3.05, 3.63) is 24.3 Å². The summed E-state index contributed by atoms with van der Waals surface area (Å²) in [5.41, 5.74) is 0. The monoisotopic (exact) mass is 371 g/mol. The first-order valence-electron chi connectivity index (χ1n) is 8.16. The molecule has 24 heavy (non-hydrogen) atoms. The molecular formula is C16H25N3O3S2. The molecule has 0 aliphatic carbocycles. The number of thiocarbonyl (C=S) groups is 1. The second kappa shape index (κ2) is 8.64. The average Bonchev–Trinajstić information content (AvgIpc) is 2.62. The minimum absolute atomic E-state index is 0.292. The highest BCUT2D eigenvalue weighted by molar-refractivity contribution is 7.89. The lowest BCUT2D eigenvalue weighted by Crippen LogP contribution is -2.53. The van der Waals surface area contributed by atoms with Crippen LogP contribution >= 0.6 is 12.2 Å². The molecule has 0 aromatic heterocycles. The quantitative estimate of drug-likeness (QED) is 0.606. The summed E-state index contributed by atoms with van der Waals surface area (Å²) in [7, 11) is -1.91. The van der Waals surface area contributed by atoms with Gasteiger partial charge in [0, 0.05) is 32.7 Å². The van der Waals surface area contributed by atoms with Crippen LogP contribution in [-0.4, -0.2) is 62.6 Å². The number of nitrogens with one attached hydrogen (secondary N) is 1. The van der Waals surface area contributed by atoms with Gasteiger partial charge >= 0.3 is 0 Å². The molecule has 1 heterocycles. The Bertz CT molecular complexity index is 639. The molecule has 1 aliphatic rings. The first-order valence-corrected chi connectivity index (χ1v) is 10.0. The number of nitrogens with zero attached hydrogens (tertiary/aromatic N) is 2. The van der Waals surface area contributed by atoms with Crippen molar-refractivity contribution in [1.82, 2.24) is 14.5 Å². The molecule has 0 atom stereocenters. The summed E-state index contributed by atoms with van der Waals surface area (Å²) in [6, 6.07) is 6.49. The van der Waals surface area contributed by atoms with Crippen LogP contribution in [0.4, 0.5) is 0 Å². The van der Waals surface area contributed by atoms with Crippen molar-refractivity contribution in [3.63, 3.8) is 0 Å². The van der Waals surface area contributed by atoms with E-state index in [0.29, 0.717) is 41.9 Å². The van der Waals surface area contributed by atoms with Crippen LogP contribution in [0.5, 0.6) is 5.75 Å². The molecule has 1 aromatic carbocycles. The van der Waals surface area contributed by atoms with E-state index >= 15 is 0 Å². The lowest BCUT2D eigenvalue weighted by atomic mass is 10.3. The highest BCUT2D eigenvalue weighted by Gasteiger charge is 2.29. The predicted octanol–water partition coefficient (Wildman–Crippen LogP) is 1.68. The molecule has 2 rings (SSSR count). The Morgan fingerprint density at radius 3 is 2.38 bits per heavy atom. The van der Waals surface area contributed by atoms with E-state index in [-0.39, 0.29) is 0 Å². The largest absolute Gasteiger partial charge is 0.497 e. The van der Waals surface area contributed by atoms with Gasteiger partial charge < -0.3 is 15.0 Å². The molecule has 134 valence electrons. The van der Waals surface area contributed by atoms with Gasteiger partial charge in [-0.05, 0) is 42.9 Å². The standard InChI is InChI=1S/C16H25N3O3S2/c1-3-4-9-17-16(23)18-10-12-19(13-11-18)24(20,21)15-7-5-14(22-2)6-8-15/h5-8H,3-4,9-13H2,1-2H3,(H,17,23). The number of benzene rings is 1. The van der Waals surface area contributed by atoms with Crippen LogP contribution < -0.4 is 10.1 Å². The van der Waals surface area contributed by atoms with Gasteiger partial charge in [-0.15, -0.1) is 0 Å². The van der Waals surface area contributed by atoms with Gasteiger partial charge in [-0.1, -0.05) is 13.3 Å². The Morgan fingerprint density at radius 2 is 1.83 bits per heavy atom. The summed E-state index contributed by atoms with van der Waals surface area (Å²) in [4.78, 5) is 2.32. The minimum Gasteiger partial charge on any atom is -0.497 e. The van der Waals surface area contributed by atoms with Crippen molar-refractivity contribution < 1.29 is 13.2 Å². The smallest absolute Gasteiger partial charge is 0.243 e. The summed E-state index contributed by atoms with van der Waals surface area (Å²) in [6.07, 6.45) is 2.19. The number of rotatable bonds is 6. The molecule has 1 N–H and O–H groups in total. The van der Waals surface area contributed by atoms with E-state index in [1.165, 1.54) is 4.31 Å². The van der Waals surface area contributed by atoms with Gasteiger partial charge in [-0.3, -0.25) is 0 Å². The fourth-order valence-corrected chi connectivity index (χ4v) is 4.22. The number of sulfonamides is 1. The molecule has 0 spiro atoms. The second-order valence-electron chi connectivity index (χ2n) is 5.65. The number of ether oxygens (including phenoxy) is 1. The fourth-order valence-electron chi connectivity index (χ4n) is 2.51. The Hall–Kier alpha value is -1.38. The zero-order chi connectivity index (χ0) is 17.6. The summed E-state index contributed by atoms with van der Waals surface area (Å²) < 4.78 is 32.0. The maximum absolute atomic E-state index is 12.7. The van der Waals surface area contributed by atoms with Crippen molar-refractivity contribution >= 4 is 27.4 Å². The van der Waals surface area contributed by atoms with Gasteiger partial charge in [0.15, 0.2) is 5.11 Å². The van der Waals surface area contributed by atoms with Gasteiger partial charge in [-0.25, -0.2) is 8.42 Å². The molecule has 1 fully saturated rings. The zero-order valence-electron chi connectivity index (χ0n) is 14.2. The SMILES string of the molecule is CCCCNC(=S)N1CCN(S(=O)(=O)c2ccc(OC)cc2)CC1. The number of methoxy groups -OCH3 is 1. The highest BCUT2D eigenvalue weighted by Crippen LogP contribution is 2.20. The third-order valence-corrected chi connectivity index (χ3v) is 6.35. The molecule has 0 radical (unpaired) electrons. The number of hydrogen-bond donors (Lipinski definition) is 1. The van der Waals surface area contributed by atoms with Crippen molar-refractivity contribution in [2.45, 2.75) is 24.7 Å². The van der Waals surface area contributed by atoms with Crippen molar-refractivity contribution in [3.8, 4) is 5.75 Å². The zero-order valence-corrected chi connectivity index (χ0v) is 15.8. The van der Waals surface area contributed by atoms with E-state index in [1.54, 1.807) is 31.4 Å². The number of piperazine rings is 1. The van der Waals surface area contributed by atoms with Gasteiger partial charge in [0.25, 0.3) is 0 Å². The first-order chi connectivity index (χ1) is 11.5. The molecule has 6 nitrogen and oxygen atoms in total. The Kier molecular flexibility index (Phi) is 6.82. The molecule has 0 bridgehead atoms. The van der Waals surface area contributed by atoms with Gasteiger partial charge in [-0.2, -0.15) is 4.31 Å². The predicted molar refractivity (Wildman–Crippen MR) is 98.8 cm³/mol.